The van der Waals surface area contributed by atoms with Crippen molar-refractivity contribution in [1.29, 1.82) is 0 Å². The first-order chi connectivity index (χ1) is 13.9. The van der Waals surface area contributed by atoms with Crippen molar-refractivity contribution in [3.63, 3.8) is 0 Å². The number of hydrogen-bond donors (Lipinski definition) is 1. The molecule has 1 aliphatic heterocycles. The molecule has 0 saturated heterocycles. The van der Waals surface area contributed by atoms with E-state index < -0.39 is 11.8 Å². The third-order valence-electron chi connectivity index (χ3n) is 4.75. The Morgan fingerprint density at radius 1 is 1.10 bits per heavy atom. The van der Waals surface area contributed by atoms with Gasteiger partial charge in [-0.25, -0.2) is 0 Å². The summed E-state index contributed by atoms with van der Waals surface area (Å²) in [7, 11) is 4.94. The van der Waals surface area contributed by atoms with Gasteiger partial charge in [-0.3, -0.25) is 4.79 Å². The average Bonchev–Trinajstić information content (AvgIpc) is 2.74. The summed E-state index contributed by atoms with van der Waals surface area (Å²) in [6.45, 7) is 0. The van der Waals surface area contributed by atoms with Gasteiger partial charge in [0.2, 0.25) is 5.72 Å². The summed E-state index contributed by atoms with van der Waals surface area (Å²) in [5.41, 5.74) is 0.337. The smallest absolute Gasteiger partial charge is 0.254 e. The molecule has 0 radical (unpaired) electrons. The molecule has 0 aliphatic carbocycles. The van der Waals surface area contributed by atoms with Crippen LogP contribution >= 0.6 is 12.4 Å². The number of carbonyl (C=O) groups is 1. The number of oxime groups is 1. The third-order valence-corrected chi connectivity index (χ3v) is 4.75. The lowest BCUT2D eigenvalue weighted by Crippen LogP contribution is -2.52. The Morgan fingerprint density at radius 2 is 1.63 bits per heavy atom. The van der Waals surface area contributed by atoms with Crippen molar-refractivity contribution in [2.24, 2.45) is 5.16 Å². The molecule has 1 aliphatic rings. The van der Waals surface area contributed by atoms with Gasteiger partial charge < -0.3 is 19.7 Å². The Morgan fingerprint density at radius 3 is 2.13 bits per heavy atom. The van der Waals surface area contributed by atoms with Crippen LogP contribution in [0.3, 0.4) is 0 Å². The van der Waals surface area contributed by atoms with Crippen molar-refractivity contribution in [2.45, 2.75) is 11.8 Å². The minimum atomic E-state index is -1.71. The second kappa shape index (κ2) is 10.1. The van der Waals surface area contributed by atoms with Gasteiger partial charge in [0.1, 0.15) is 6.21 Å². The van der Waals surface area contributed by atoms with Gasteiger partial charge in [-0.1, -0.05) is 65.8 Å². The van der Waals surface area contributed by atoms with Crippen LogP contribution in [0, 0.1) is 0 Å². The summed E-state index contributed by atoms with van der Waals surface area (Å²) < 4.78 is 0. The fourth-order valence-corrected chi connectivity index (χ4v) is 3.06. The lowest BCUT2D eigenvalue weighted by molar-refractivity contribution is -0.127. The molecule has 2 aromatic carbocycles. The summed E-state index contributed by atoms with van der Waals surface area (Å²) in [5.74, 6) is -0.308. The number of amides is 1. The van der Waals surface area contributed by atoms with E-state index in [1.807, 2.05) is 60.7 Å². The van der Waals surface area contributed by atoms with Crippen molar-refractivity contribution < 1.29 is 14.7 Å². The van der Waals surface area contributed by atoms with Gasteiger partial charge in [-0.05, 0) is 23.3 Å². The predicted octanol–water partition coefficient (Wildman–Crippen LogP) is 3.36. The van der Waals surface area contributed by atoms with Crippen LogP contribution in [0.25, 0.3) is 0 Å². The number of halogens is 1. The fourth-order valence-electron chi connectivity index (χ4n) is 3.06. The van der Waals surface area contributed by atoms with Crippen molar-refractivity contribution in [3.05, 3.63) is 95.7 Å². The van der Waals surface area contributed by atoms with Crippen molar-refractivity contribution in [1.82, 2.24) is 9.80 Å². The first-order valence-corrected chi connectivity index (χ1v) is 9.29. The molecule has 7 heteroatoms. The summed E-state index contributed by atoms with van der Waals surface area (Å²) in [6, 6.07) is 19.4. The normalized spacial score (nSPS) is 18.2. The maximum Gasteiger partial charge on any atom is 0.254 e. The summed E-state index contributed by atoms with van der Waals surface area (Å²) in [6.07, 6.45) is 5.77. The van der Waals surface area contributed by atoms with E-state index in [4.69, 9.17) is 4.84 Å². The maximum atomic E-state index is 12.5. The minimum Gasteiger partial charge on any atom is -0.383 e. The first kappa shape index (κ1) is 23.2. The third kappa shape index (κ3) is 4.90. The van der Waals surface area contributed by atoms with Crippen LogP contribution in [0.15, 0.2) is 89.7 Å². The van der Waals surface area contributed by atoms with Gasteiger partial charge in [0.15, 0.2) is 6.10 Å². The standard InChI is InChI=1S/C23H25N3O3.ClH/c1-25(2)22(27)20-15-10-16-26(3)23(20,28)17-24-29-21(18-11-6-4-7-12-18)19-13-8-5-9-14-19;/h4-17,21,28H,1-3H3;1H. The number of hydrogen-bond acceptors (Lipinski definition) is 5. The molecule has 0 saturated carbocycles. The summed E-state index contributed by atoms with van der Waals surface area (Å²) in [5, 5.41) is 15.3. The largest absolute Gasteiger partial charge is 0.383 e. The molecule has 0 spiro atoms. The monoisotopic (exact) mass is 427 g/mol. The zero-order valence-electron chi connectivity index (χ0n) is 17.2. The number of allylic oxidation sites excluding steroid dienone is 2. The Balaban J connectivity index is 0.00000320. The van der Waals surface area contributed by atoms with Gasteiger partial charge >= 0.3 is 0 Å². The molecule has 0 aromatic heterocycles. The van der Waals surface area contributed by atoms with E-state index in [2.05, 4.69) is 5.16 Å². The molecule has 0 fully saturated rings. The Kier molecular flexibility index (Phi) is 7.80. The highest BCUT2D eigenvalue weighted by molar-refractivity contribution is 6.00. The molecule has 2 aromatic rings. The van der Waals surface area contributed by atoms with E-state index in [0.29, 0.717) is 0 Å². The van der Waals surface area contributed by atoms with Gasteiger partial charge in [0.25, 0.3) is 5.91 Å². The van der Waals surface area contributed by atoms with E-state index in [1.54, 1.807) is 39.5 Å². The van der Waals surface area contributed by atoms with Crippen LogP contribution in [0.5, 0.6) is 0 Å². The number of carbonyl (C=O) groups excluding carboxylic acids is 1. The first-order valence-electron chi connectivity index (χ1n) is 9.29. The number of likely N-dealkylation sites (N-methyl/N-ethyl adjacent to an activating group) is 2. The van der Waals surface area contributed by atoms with E-state index in [-0.39, 0.29) is 23.9 Å². The molecular weight excluding hydrogens is 402 g/mol. The SMILES string of the molecule is CN(C)C(=O)C1=CC=CN(C)C1(O)C=NOC(c1ccccc1)c1ccccc1.Cl. The quantitative estimate of drug-likeness (QED) is 0.567. The number of aliphatic hydroxyl groups is 1. The maximum absolute atomic E-state index is 12.5. The van der Waals surface area contributed by atoms with Crippen LogP contribution in [-0.4, -0.2) is 53.9 Å². The number of rotatable bonds is 6. The molecule has 1 amide bonds. The van der Waals surface area contributed by atoms with Crippen LogP contribution in [0.2, 0.25) is 0 Å². The highest BCUT2D eigenvalue weighted by Crippen LogP contribution is 2.28. The molecule has 1 heterocycles. The highest BCUT2D eigenvalue weighted by atomic mass is 35.5. The van der Waals surface area contributed by atoms with Crippen LogP contribution in [-0.2, 0) is 9.63 Å². The van der Waals surface area contributed by atoms with Gasteiger partial charge in [-0.15, -0.1) is 12.4 Å². The predicted molar refractivity (Wildman–Crippen MR) is 120 cm³/mol. The minimum absolute atomic E-state index is 0. The number of nitrogens with zero attached hydrogens (tertiary/aromatic N) is 3. The number of benzene rings is 2. The molecule has 1 atom stereocenters. The van der Waals surface area contributed by atoms with Crippen molar-refractivity contribution >= 4 is 24.5 Å². The fraction of sp³-hybridized carbons (Fsp3) is 0.217. The molecule has 3 rings (SSSR count). The second-order valence-electron chi connectivity index (χ2n) is 7.00. The molecule has 1 N–H and O–H groups in total. The lowest BCUT2D eigenvalue weighted by Gasteiger charge is -2.37. The Hall–Kier alpha value is -3.09. The molecule has 0 bridgehead atoms. The van der Waals surface area contributed by atoms with Gasteiger partial charge in [0, 0.05) is 27.3 Å². The van der Waals surface area contributed by atoms with E-state index in [1.165, 1.54) is 16.0 Å². The summed E-state index contributed by atoms with van der Waals surface area (Å²) in [4.78, 5) is 21.3. The molecule has 158 valence electrons. The Bertz CT molecular complexity index is 890. The average molecular weight is 428 g/mol. The van der Waals surface area contributed by atoms with Gasteiger partial charge in [-0.2, -0.15) is 0 Å². The molecule has 6 nitrogen and oxygen atoms in total. The lowest BCUT2D eigenvalue weighted by atomic mass is 9.98. The van der Waals surface area contributed by atoms with E-state index in [0.717, 1.165) is 11.1 Å². The summed E-state index contributed by atoms with van der Waals surface area (Å²) >= 11 is 0. The van der Waals surface area contributed by atoms with Crippen LogP contribution in [0.4, 0.5) is 0 Å². The van der Waals surface area contributed by atoms with Crippen LogP contribution < -0.4 is 0 Å². The highest BCUT2D eigenvalue weighted by Gasteiger charge is 2.40. The van der Waals surface area contributed by atoms with Crippen molar-refractivity contribution in [2.75, 3.05) is 21.1 Å². The molecule has 1 unspecified atom stereocenters. The zero-order chi connectivity index (χ0) is 20.9. The van der Waals surface area contributed by atoms with E-state index in [9.17, 15) is 9.90 Å². The van der Waals surface area contributed by atoms with Crippen molar-refractivity contribution in [3.8, 4) is 0 Å². The second-order valence-corrected chi connectivity index (χ2v) is 7.00. The molecule has 30 heavy (non-hydrogen) atoms. The topological polar surface area (TPSA) is 65.4 Å². The zero-order valence-corrected chi connectivity index (χ0v) is 18.0. The van der Waals surface area contributed by atoms with E-state index >= 15 is 0 Å². The molecular formula is C23H26ClN3O3. The van der Waals surface area contributed by atoms with Gasteiger partial charge in [0.05, 0.1) is 5.57 Å². The van der Waals surface area contributed by atoms with Crippen LogP contribution in [0.1, 0.15) is 17.2 Å². The Labute approximate surface area is 183 Å².